The maximum atomic E-state index is 12.2. The van der Waals surface area contributed by atoms with Gasteiger partial charge in [-0.25, -0.2) is 0 Å². The van der Waals surface area contributed by atoms with Gasteiger partial charge in [0.25, 0.3) is 0 Å². The molecule has 0 aliphatic heterocycles. The van der Waals surface area contributed by atoms with Gasteiger partial charge in [0, 0.05) is 0 Å². The molecule has 0 aromatic carbocycles. The van der Waals surface area contributed by atoms with Gasteiger partial charge >= 0.3 is 9.46 Å². The van der Waals surface area contributed by atoms with Crippen LogP contribution in [0, 0.1) is 5.92 Å². The molecule has 72 valence electrons. The third kappa shape index (κ3) is 4.19. The lowest BCUT2D eigenvalue weighted by Crippen LogP contribution is -2.09. The average molecular weight is 192 g/mol. The highest BCUT2D eigenvalue weighted by Gasteiger charge is 2.18. The van der Waals surface area contributed by atoms with Crippen molar-refractivity contribution in [2.45, 2.75) is 51.0 Å². The summed E-state index contributed by atoms with van der Waals surface area (Å²) in [4.78, 5) is 0. The Labute approximate surface area is 75.3 Å². The molecule has 1 rings (SSSR count). The zero-order valence-electron chi connectivity index (χ0n) is 7.57. The van der Waals surface area contributed by atoms with Crippen LogP contribution < -0.4 is 0 Å². The lowest BCUT2D eigenvalue weighted by atomic mass is 9.93. The Kier molecular flexibility index (Phi) is 4.81. The second-order valence-electron chi connectivity index (χ2n) is 3.84. The van der Waals surface area contributed by atoms with Crippen molar-refractivity contribution in [1.82, 2.24) is 0 Å². The Morgan fingerprint density at radius 2 is 1.42 bits per heavy atom. The highest BCUT2D eigenvalue weighted by Crippen LogP contribution is 2.26. The molecule has 0 bridgehead atoms. The maximum Gasteiger partial charge on any atom is 0.411 e. The van der Waals surface area contributed by atoms with Gasteiger partial charge in [0.2, 0.25) is 0 Å². The van der Waals surface area contributed by atoms with Crippen molar-refractivity contribution in [1.29, 1.82) is 0 Å². The summed E-state index contributed by atoms with van der Waals surface area (Å²) in [6, 6.07) is 0.278. The third-order valence-corrected chi connectivity index (χ3v) is 3.76. The van der Waals surface area contributed by atoms with Crippen molar-refractivity contribution < 1.29 is 8.22 Å². The number of hydrogen-bond donors (Lipinski definition) is 0. The normalized spacial score (nSPS) is 22.2. The van der Waals surface area contributed by atoms with Gasteiger partial charge in [-0.3, -0.25) is 8.22 Å². The lowest BCUT2D eigenvalue weighted by molar-refractivity contribution is 0.392. The molecule has 0 atom stereocenters. The molecule has 3 heteroatoms. The van der Waals surface area contributed by atoms with Crippen LogP contribution in [0.3, 0.4) is 0 Å². The van der Waals surface area contributed by atoms with E-state index in [1.54, 1.807) is 0 Å². The van der Waals surface area contributed by atoms with Gasteiger partial charge in [-0.05, 0) is 12.0 Å². The fraction of sp³-hybridized carbons (Fsp3) is 1.00. The molecule has 0 aromatic heterocycles. The predicted octanol–water partition coefficient (Wildman–Crippen LogP) is 3.51. The minimum absolute atomic E-state index is 0.278. The van der Waals surface area contributed by atoms with Gasteiger partial charge in [-0.1, -0.05) is 44.9 Å². The molecule has 1 saturated carbocycles. The molecule has 0 nitrogen and oxygen atoms in total. The standard InChI is InChI=1S/C9H18F2Si/c10-12(11)8-9-6-4-2-1-3-5-7-9/h9,12H,1-8H2. The van der Waals surface area contributed by atoms with E-state index >= 15 is 0 Å². The van der Waals surface area contributed by atoms with Gasteiger partial charge in [-0.2, -0.15) is 0 Å². The lowest BCUT2D eigenvalue weighted by Gasteiger charge is -2.18. The van der Waals surface area contributed by atoms with Crippen LogP contribution in [-0.4, -0.2) is 9.46 Å². The topological polar surface area (TPSA) is 0 Å². The van der Waals surface area contributed by atoms with Crippen LogP contribution in [0.2, 0.25) is 6.04 Å². The maximum absolute atomic E-state index is 12.2. The molecule has 12 heavy (non-hydrogen) atoms. The van der Waals surface area contributed by atoms with Gasteiger partial charge in [-0.15, -0.1) is 0 Å². The van der Waals surface area contributed by atoms with E-state index in [9.17, 15) is 8.22 Å². The van der Waals surface area contributed by atoms with E-state index in [1.807, 2.05) is 0 Å². The van der Waals surface area contributed by atoms with Crippen LogP contribution in [0.4, 0.5) is 8.22 Å². The first-order chi connectivity index (χ1) is 5.79. The predicted molar refractivity (Wildman–Crippen MR) is 50.0 cm³/mol. The van der Waals surface area contributed by atoms with E-state index in [0.29, 0.717) is 5.92 Å². The van der Waals surface area contributed by atoms with Crippen molar-refractivity contribution >= 4 is 9.46 Å². The molecular weight excluding hydrogens is 174 g/mol. The largest absolute Gasteiger partial charge is 0.411 e. The Bertz CT molecular complexity index is 109. The van der Waals surface area contributed by atoms with Crippen molar-refractivity contribution in [2.75, 3.05) is 0 Å². The van der Waals surface area contributed by atoms with Crippen LogP contribution in [0.5, 0.6) is 0 Å². The molecule has 0 heterocycles. The van der Waals surface area contributed by atoms with Crippen molar-refractivity contribution in [2.24, 2.45) is 5.92 Å². The molecule has 1 aliphatic rings. The Morgan fingerprint density at radius 3 is 1.92 bits per heavy atom. The second kappa shape index (κ2) is 5.68. The molecular formula is C9H18F2Si. The third-order valence-electron chi connectivity index (χ3n) is 2.74. The van der Waals surface area contributed by atoms with E-state index in [4.69, 9.17) is 0 Å². The summed E-state index contributed by atoms with van der Waals surface area (Å²) < 4.78 is 24.4. The van der Waals surface area contributed by atoms with Crippen LogP contribution in [-0.2, 0) is 0 Å². The minimum Gasteiger partial charge on any atom is -0.275 e. The van der Waals surface area contributed by atoms with Crippen LogP contribution in [0.15, 0.2) is 0 Å². The Balaban J connectivity index is 2.20. The summed E-state index contributed by atoms with van der Waals surface area (Å²) in [5.74, 6) is 0.372. The fourth-order valence-corrected chi connectivity index (χ4v) is 3.00. The molecule has 0 amide bonds. The van der Waals surface area contributed by atoms with E-state index in [0.717, 1.165) is 12.8 Å². The minimum atomic E-state index is -3.28. The van der Waals surface area contributed by atoms with Gasteiger partial charge < -0.3 is 0 Å². The van der Waals surface area contributed by atoms with Crippen molar-refractivity contribution in [3.05, 3.63) is 0 Å². The summed E-state index contributed by atoms with van der Waals surface area (Å²) in [5, 5.41) is 0. The number of rotatable bonds is 2. The zero-order valence-corrected chi connectivity index (χ0v) is 8.72. The Morgan fingerprint density at radius 1 is 0.917 bits per heavy atom. The summed E-state index contributed by atoms with van der Waals surface area (Å²) in [6.07, 6.45) is 8.35. The fourth-order valence-electron chi connectivity index (χ4n) is 2.03. The Hall–Kier alpha value is 0.0769. The second-order valence-corrected chi connectivity index (χ2v) is 5.09. The van der Waals surface area contributed by atoms with E-state index in [-0.39, 0.29) is 6.04 Å². The number of halogens is 2. The summed E-state index contributed by atoms with van der Waals surface area (Å²) in [5.41, 5.74) is 0. The highest BCUT2D eigenvalue weighted by molar-refractivity contribution is 6.42. The van der Waals surface area contributed by atoms with Gasteiger partial charge in [0.05, 0.1) is 0 Å². The van der Waals surface area contributed by atoms with Crippen LogP contribution >= 0.6 is 0 Å². The van der Waals surface area contributed by atoms with E-state index in [2.05, 4.69) is 0 Å². The summed E-state index contributed by atoms with van der Waals surface area (Å²) in [6.45, 7) is 0. The first kappa shape index (κ1) is 10.2. The number of hydrogen-bond acceptors (Lipinski definition) is 0. The molecule has 0 saturated heterocycles. The highest BCUT2D eigenvalue weighted by atomic mass is 28.4. The summed E-state index contributed by atoms with van der Waals surface area (Å²) >= 11 is 0. The smallest absolute Gasteiger partial charge is 0.275 e. The molecule has 1 fully saturated rings. The quantitative estimate of drug-likeness (QED) is 0.464. The first-order valence-electron chi connectivity index (χ1n) is 5.07. The van der Waals surface area contributed by atoms with Gasteiger partial charge in [0.15, 0.2) is 0 Å². The zero-order chi connectivity index (χ0) is 8.81. The van der Waals surface area contributed by atoms with Crippen LogP contribution in [0.25, 0.3) is 0 Å². The SMILES string of the molecule is F[SiH](F)CC1CCCCCCC1. The first-order valence-corrected chi connectivity index (χ1v) is 6.76. The molecule has 0 unspecified atom stereocenters. The monoisotopic (exact) mass is 192 g/mol. The van der Waals surface area contributed by atoms with Crippen molar-refractivity contribution in [3.8, 4) is 0 Å². The van der Waals surface area contributed by atoms with E-state index < -0.39 is 9.46 Å². The molecule has 0 radical (unpaired) electrons. The molecule has 1 aliphatic carbocycles. The summed E-state index contributed by atoms with van der Waals surface area (Å²) in [7, 11) is -3.28. The van der Waals surface area contributed by atoms with Gasteiger partial charge in [0.1, 0.15) is 0 Å². The molecule has 0 aromatic rings. The van der Waals surface area contributed by atoms with Crippen LogP contribution in [0.1, 0.15) is 44.9 Å². The van der Waals surface area contributed by atoms with E-state index in [1.165, 1.54) is 32.1 Å². The average Bonchev–Trinajstić information content (AvgIpc) is 1.93. The van der Waals surface area contributed by atoms with Crippen molar-refractivity contribution in [3.63, 3.8) is 0 Å². The molecule has 0 N–H and O–H groups in total. The molecule has 0 spiro atoms.